The number of hydrogen-bond donors (Lipinski definition) is 1. The van der Waals surface area contributed by atoms with Crippen molar-refractivity contribution in [1.82, 2.24) is 9.78 Å². The van der Waals surface area contributed by atoms with Crippen molar-refractivity contribution in [2.24, 2.45) is 0 Å². The van der Waals surface area contributed by atoms with E-state index in [2.05, 4.69) is 10.4 Å². The lowest BCUT2D eigenvalue weighted by atomic mass is 10.1. The lowest BCUT2D eigenvalue weighted by molar-refractivity contribution is -0.111. The van der Waals surface area contributed by atoms with Gasteiger partial charge in [0.25, 0.3) is 0 Å². The van der Waals surface area contributed by atoms with Gasteiger partial charge in [-0.3, -0.25) is 9.48 Å². The summed E-state index contributed by atoms with van der Waals surface area (Å²) in [4.78, 5) is 12.6. The van der Waals surface area contributed by atoms with Crippen LogP contribution in [0.4, 0.5) is 5.82 Å². The summed E-state index contributed by atoms with van der Waals surface area (Å²) in [7, 11) is 1.62. The van der Waals surface area contributed by atoms with E-state index in [9.17, 15) is 4.79 Å². The minimum Gasteiger partial charge on any atom is -0.496 e. The summed E-state index contributed by atoms with van der Waals surface area (Å²) in [6.07, 6.45) is 3.21. The van der Waals surface area contributed by atoms with E-state index in [0.717, 1.165) is 39.4 Å². The number of rotatable bonds is 9. The fraction of sp³-hybridized carbons (Fsp3) is 0.172. The molecule has 0 fully saturated rings. The molecule has 190 valence electrons. The summed E-state index contributed by atoms with van der Waals surface area (Å²) < 4.78 is 13.2. The molecule has 4 aromatic rings. The van der Waals surface area contributed by atoms with Gasteiger partial charge in [0.15, 0.2) is 5.82 Å². The van der Waals surface area contributed by atoms with Gasteiger partial charge >= 0.3 is 0 Å². The van der Waals surface area contributed by atoms with Crippen molar-refractivity contribution in [3.05, 3.63) is 111 Å². The van der Waals surface area contributed by atoms with Gasteiger partial charge < -0.3 is 14.8 Å². The summed E-state index contributed by atoms with van der Waals surface area (Å²) in [5.41, 5.74) is 4.56. The van der Waals surface area contributed by atoms with Crippen LogP contribution in [0.2, 0.25) is 10.0 Å². The molecule has 1 N–H and O–H groups in total. The van der Waals surface area contributed by atoms with Gasteiger partial charge in [-0.25, -0.2) is 0 Å². The predicted molar refractivity (Wildman–Crippen MR) is 149 cm³/mol. The van der Waals surface area contributed by atoms with Crippen LogP contribution in [0.5, 0.6) is 11.5 Å². The Bertz CT molecular complexity index is 1450. The molecule has 0 saturated carbocycles. The van der Waals surface area contributed by atoms with Crippen molar-refractivity contribution >= 4 is 41.0 Å². The number of hydrogen-bond acceptors (Lipinski definition) is 4. The molecule has 1 aromatic heterocycles. The molecule has 3 aromatic carbocycles. The van der Waals surface area contributed by atoms with Crippen LogP contribution in [0.1, 0.15) is 27.9 Å². The number of aryl methyl sites for hydroxylation is 2. The second kappa shape index (κ2) is 12.0. The van der Waals surface area contributed by atoms with Crippen molar-refractivity contribution < 1.29 is 14.3 Å². The van der Waals surface area contributed by atoms with E-state index in [0.29, 0.717) is 29.0 Å². The highest BCUT2D eigenvalue weighted by atomic mass is 35.5. The number of carbonyl (C=O) groups excluding carboxylic acids is 1. The van der Waals surface area contributed by atoms with E-state index in [4.69, 9.17) is 32.7 Å². The normalized spacial score (nSPS) is 11.1. The molecule has 0 radical (unpaired) electrons. The lowest BCUT2D eigenvalue weighted by Crippen LogP contribution is -2.10. The smallest absolute Gasteiger partial charge is 0.249 e. The fourth-order valence-electron chi connectivity index (χ4n) is 3.77. The number of methoxy groups -OCH3 is 1. The number of benzene rings is 3. The molecule has 0 bridgehead atoms. The van der Waals surface area contributed by atoms with E-state index in [-0.39, 0.29) is 5.91 Å². The van der Waals surface area contributed by atoms with Crippen LogP contribution in [-0.2, 0) is 17.9 Å². The molecule has 0 unspecified atom stereocenters. The Morgan fingerprint density at radius 2 is 1.81 bits per heavy atom. The van der Waals surface area contributed by atoms with Gasteiger partial charge in [-0.15, -0.1) is 0 Å². The Labute approximate surface area is 226 Å². The number of carbonyl (C=O) groups is 1. The quantitative estimate of drug-likeness (QED) is 0.232. The molecule has 1 amide bonds. The van der Waals surface area contributed by atoms with Crippen LogP contribution < -0.4 is 14.8 Å². The molecule has 8 heteroatoms. The molecule has 0 spiro atoms. The molecule has 6 nitrogen and oxygen atoms in total. The molecule has 4 rings (SSSR count). The summed E-state index contributed by atoms with van der Waals surface area (Å²) in [5, 5.41) is 8.44. The first-order chi connectivity index (χ1) is 17.8. The van der Waals surface area contributed by atoms with Gasteiger partial charge in [0.05, 0.1) is 13.7 Å². The standard InChI is InChI=1S/C29H27Cl2N3O3/c1-19-6-4-5-7-26(19)37-18-23-15-21(8-12-27(23)36-3)9-13-29(35)32-28-14-20(2)34(33-28)17-22-10-11-24(30)16-25(22)31/h4-16H,17-18H2,1-3H3,(H,32,33,35)/b13-9+. The van der Waals surface area contributed by atoms with Gasteiger partial charge in [0, 0.05) is 33.4 Å². The van der Waals surface area contributed by atoms with Crippen LogP contribution in [0.25, 0.3) is 6.08 Å². The zero-order valence-corrected chi connectivity index (χ0v) is 22.3. The Morgan fingerprint density at radius 3 is 2.57 bits per heavy atom. The topological polar surface area (TPSA) is 65.4 Å². The number of aromatic nitrogens is 2. The Kier molecular flexibility index (Phi) is 8.54. The predicted octanol–water partition coefficient (Wildman–Crippen LogP) is 7.09. The fourth-order valence-corrected chi connectivity index (χ4v) is 4.24. The third kappa shape index (κ3) is 6.94. The summed E-state index contributed by atoms with van der Waals surface area (Å²) >= 11 is 12.3. The molecule has 0 aliphatic rings. The van der Waals surface area contributed by atoms with Gasteiger partial charge in [-0.05, 0) is 66.9 Å². The molecule has 0 aliphatic heterocycles. The average molecular weight is 536 g/mol. The van der Waals surface area contributed by atoms with Crippen molar-refractivity contribution in [2.45, 2.75) is 27.0 Å². The van der Waals surface area contributed by atoms with Gasteiger partial charge in [-0.2, -0.15) is 5.10 Å². The van der Waals surface area contributed by atoms with E-state index in [1.807, 2.05) is 68.4 Å². The first-order valence-corrected chi connectivity index (χ1v) is 12.4. The van der Waals surface area contributed by atoms with E-state index >= 15 is 0 Å². The average Bonchev–Trinajstić information content (AvgIpc) is 3.22. The molecule has 37 heavy (non-hydrogen) atoms. The van der Waals surface area contributed by atoms with Gasteiger partial charge in [0.1, 0.15) is 18.1 Å². The van der Waals surface area contributed by atoms with E-state index < -0.39 is 0 Å². The zero-order chi connectivity index (χ0) is 26.4. The number of halogens is 2. The first-order valence-electron chi connectivity index (χ1n) is 11.6. The van der Waals surface area contributed by atoms with Gasteiger partial charge in [-0.1, -0.05) is 53.5 Å². The number of nitrogens with zero attached hydrogens (tertiary/aromatic N) is 2. The highest BCUT2D eigenvalue weighted by molar-refractivity contribution is 6.35. The minimum atomic E-state index is -0.289. The summed E-state index contributed by atoms with van der Waals surface area (Å²) in [5.74, 6) is 1.71. The van der Waals surface area contributed by atoms with E-state index in [1.165, 1.54) is 6.08 Å². The van der Waals surface area contributed by atoms with Crippen LogP contribution in [0.15, 0.2) is 72.8 Å². The van der Waals surface area contributed by atoms with Gasteiger partial charge in [0.2, 0.25) is 5.91 Å². The number of ether oxygens (including phenoxy) is 2. The molecule has 0 saturated heterocycles. The zero-order valence-electron chi connectivity index (χ0n) is 20.8. The number of anilines is 1. The molecule has 0 aliphatic carbocycles. The Balaban J connectivity index is 1.41. The summed E-state index contributed by atoms with van der Waals surface area (Å²) in [6, 6.07) is 20.7. The summed E-state index contributed by atoms with van der Waals surface area (Å²) in [6.45, 7) is 4.73. The first kappa shape index (κ1) is 26.3. The van der Waals surface area contributed by atoms with Crippen molar-refractivity contribution in [3.63, 3.8) is 0 Å². The van der Waals surface area contributed by atoms with E-state index in [1.54, 1.807) is 30.0 Å². The van der Waals surface area contributed by atoms with Crippen molar-refractivity contribution in [3.8, 4) is 11.5 Å². The maximum atomic E-state index is 12.6. The third-order valence-electron chi connectivity index (χ3n) is 5.78. The monoisotopic (exact) mass is 535 g/mol. The second-order valence-electron chi connectivity index (χ2n) is 8.51. The Morgan fingerprint density at radius 1 is 1.00 bits per heavy atom. The van der Waals surface area contributed by atoms with Crippen LogP contribution in [0.3, 0.4) is 0 Å². The highest BCUT2D eigenvalue weighted by Crippen LogP contribution is 2.25. The third-order valence-corrected chi connectivity index (χ3v) is 6.36. The number of para-hydroxylation sites is 1. The minimum absolute atomic E-state index is 0.289. The lowest BCUT2D eigenvalue weighted by Gasteiger charge is -2.12. The molecule has 1 heterocycles. The van der Waals surface area contributed by atoms with Crippen molar-refractivity contribution in [1.29, 1.82) is 0 Å². The van der Waals surface area contributed by atoms with Crippen molar-refractivity contribution in [2.75, 3.05) is 12.4 Å². The maximum absolute atomic E-state index is 12.6. The van der Waals surface area contributed by atoms with Crippen LogP contribution >= 0.6 is 23.2 Å². The Hall–Kier alpha value is -3.74. The van der Waals surface area contributed by atoms with Crippen LogP contribution in [-0.4, -0.2) is 22.8 Å². The molecule has 0 atom stereocenters. The second-order valence-corrected chi connectivity index (χ2v) is 9.36. The maximum Gasteiger partial charge on any atom is 0.249 e. The number of nitrogens with one attached hydrogen (secondary N) is 1. The molecular formula is C29H27Cl2N3O3. The highest BCUT2D eigenvalue weighted by Gasteiger charge is 2.10. The molecular weight excluding hydrogens is 509 g/mol. The SMILES string of the molecule is COc1ccc(/C=C/C(=O)Nc2cc(C)n(Cc3ccc(Cl)cc3Cl)n2)cc1COc1ccccc1C. The van der Waals surface area contributed by atoms with Crippen LogP contribution in [0, 0.1) is 13.8 Å². The number of amides is 1. The largest absolute Gasteiger partial charge is 0.496 e.